The number of rotatable bonds is 30. The van der Waals surface area contributed by atoms with Gasteiger partial charge in [-0.25, -0.2) is 19.2 Å². The van der Waals surface area contributed by atoms with E-state index in [2.05, 4.69) is 35.8 Å². The number of nitrogens with one attached hydrogen (secondary N) is 1. The molecule has 0 radical (unpaired) electrons. The van der Waals surface area contributed by atoms with Crippen LogP contribution in [-0.2, 0) is 32.3 Å². The van der Waals surface area contributed by atoms with Crippen molar-refractivity contribution in [3.63, 3.8) is 0 Å². The minimum atomic E-state index is -1.26. The Labute approximate surface area is 349 Å². The first-order valence-electron chi connectivity index (χ1n) is 20.5. The van der Waals surface area contributed by atoms with Crippen LogP contribution >= 0.6 is 11.6 Å². The number of aliphatic carboxylic acids is 4. The molecule has 5 N–H and O–H groups in total. The van der Waals surface area contributed by atoms with Crippen LogP contribution < -0.4 is 15.5 Å². The Bertz CT molecular complexity index is 1470. The number of hydrogen-bond donors (Lipinski definition) is 5. The standard InChI is InChI=1S/C36H60ClN3O2.2C4H4O4/c1-4-5-6-7-8-9-10-11-12-13-14-15-16-17-18-19-27-42-36-31-40(30-32-21-23-33(37)24-22-32)34(28-35(36)41)29-38-25-20-26-39(2)3;2*5-3(6)1-2-4(7)8/h21-24,28,31,38H,4-20,25-27,29-30H2,1-3H3;2*1-2H,(H,5,6)(H,7,8)/b;2*2-1+. The molecule has 0 aliphatic heterocycles. The number of unbranched alkanes of at least 4 members (excludes halogenated alkanes) is 15. The zero-order valence-corrected chi connectivity index (χ0v) is 35.6. The minimum absolute atomic E-state index is 0.0380. The van der Waals surface area contributed by atoms with Gasteiger partial charge in [0.05, 0.1) is 12.8 Å². The Balaban J connectivity index is 0.00000169. The summed E-state index contributed by atoms with van der Waals surface area (Å²) in [5.41, 5.74) is 2.07. The Hall–Kier alpha value is -4.46. The van der Waals surface area contributed by atoms with Gasteiger partial charge >= 0.3 is 23.9 Å². The van der Waals surface area contributed by atoms with Crippen LogP contribution in [0.25, 0.3) is 0 Å². The van der Waals surface area contributed by atoms with Crippen molar-refractivity contribution in [2.45, 2.75) is 129 Å². The predicted molar refractivity (Wildman–Crippen MR) is 230 cm³/mol. The molecule has 0 aliphatic carbocycles. The van der Waals surface area contributed by atoms with E-state index in [1.807, 2.05) is 30.5 Å². The van der Waals surface area contributed by atoms with Crippen molar-refractivity contribution in [1.82, 2.24) is 14.8 Å². The maximum atomic E-state index is 12.9. The van der Waals surface area contributed by atoms with Crippen LogP contribution in [0.2, 0.25) is 5.02 Å². The molecule has 0 fully saturated rings. The third-order valence-corrected chi connectivity index (χ3v) is 8.96. The fourth-order valence-electron chi connectivity index (χ4n) is 5.64. The molecule has 2 aromatic rings. The molecule has 0 bridgehead atoms. The predicted octanol–water partition coefficient (Wildman–Crippen LogP) is 8.66. The van der Waals surface area contributed by atoms with Gasteiger partial charge in [0.1, 0.15) is 0 Å². The van der Waals surface area contributed by atoms with Gasteiger partial charge in [-0.1, -0.05) is 127 Å². The van der Waals surface area contributed by atoms with Gasteiger partial charge in [0, 0.05) is 54.2 Å². The summed E-state index contributed by atoms with van der Waals surface area (Å²) in [4.78, 5) is 53.3. The average molecular weight is 834 g/mol. The molecule has 14 heteroatoms. The summed E-state index contributed by atoms with van der Waals surface area (Å²) in [5, 5.41) is 35.5. The van der Waals surface area contributed by atoms with E-state index in [0.29, 0.717) is 49.7 Å². The highest BCUT2D eigenvalue weighted by Crippen LogP contribution is 2.16. The largest absolute Gasteiger partial charge is 0.488 e. The molecule has 0 spiro atoms. The number of halogens is 1. The Morgan fingerprint density at radius 3 is 1.53 bits per heavy atom. The molecule has 13 nitrogen and oxygen atoms in total. The van der Waals surface area contributed by atoms with Crippen molar-refractivity contribution in [2.24, 2.45) is 0 Å². The number of aromatic nitrogens is 1. The SMILES string of the molecule is CCCCCCCCCCCCCCCCCCOc1cn(Cc2ccc(Cl)cc2)c(CNCCCN(C)C)cc1=O.O=C(O)/C=C/C(=O)O.O=C(O)/C=C/C(=O)O. The normalized spacial score (nSPS) is 10.9. The van der Waals surface area contributed by atoms with Crippen LogP contribution in [0.1, 0.15) is 127 Å². The molecule has 1 aromatic carbocycles. The lowest BCUT2D eigenvalue weighted by molar-refractivity contribution is -0.134. The van der Waals surface area contributed by atoms with E-state index in [-0.39, 0.29) is 5.43 Å². The molecule has 1 heterocycles. The Kier molecular flexibility index (Phi) is 32.9. The highest BCUT2D eigenvalue weighted by molar-refractivity contribution is 6.30. The van der Waals surface area contributed by atoms with Crippen LogP contribution in [0.15, 0.2) is 65.6 Å². The molecule has 0 saturated heterocycles. The third-order valence-electron chi connectivity index (χ3n) is 8.71. The molecule has 0 unspecified atom stereocenters. The van der Waals surface area contributed by atoms with Gasteiger partial charge in [-0.05, 0) is 57.7 Å². The number of carbonyl (C=O) groups is 4. The zero-order chi connectivity index (χ0) is 43.4. The smallest absolute Gasteiger partial charge is 0.328 e. The van der Waals surface area contributed by atoms with E-state index in [9.17, 15) is 24.0 Å². The lowest BCUT2D eigenvalue weighted by atomic mass is 10.0. The second kappa shape index (κ2) is 35.7. The number of pyridine rings is 1. The number of nitrogens with zero attached hydrogens (tertiary/aromatic N) is 2. The van der Waals surface area contributed by atoms with Gasteiger partial charge in [0.25, 0.3) is 0 Å². The Morgan fingerprint density at radius 2 is 1.12 bits per heavy atom. The fraction of sp³-hybridized carbons (Fsp3) is 0.568. The molecule has 0 atom stereocenters. The first-order valence-corrected chi connectivity index (χ1v) is 20.9. The highest BCUT2D eigenvalue weighted by Gasteiger charge is 2.09. The van der Waals surface area contributed by atoms with Crippen LogP contribution in [0, 0.1) is 0 Å². The summed E-state index contributed by atoms with van der Waals surface area (Å²) in [7, 11) is 4.17. The number of benzene rings is 1. The summed E-state index contributed by atoms with van der Waals surface area (Å²) in [5.74, 6) is -4.58. The summed E-state index contributed by atoms with van der Waals surface area (Å²) in [6.07, 6.45) is 26.7. The van der Waals surface area contributed by atoms with Gasteiger partial charge in [0.2, 0.25) is 5.43 Å². The number of hydrogen-bond acceptors (Lipinski definition) is 8. The summed E-state index contributed by atoms with van der Waals surface area (Å²) < 4.78 is 8.13. The second-order valence-electron chi connectivity index (χ2n) is 14.3. The lowest BCUT2D eigenvalue weighted by Gasteiger charge is -2.17. The van der Waals surface area contributed by atoms with Gasteiger partial charge in [-0.3, -0.25) is 4.79 Å². The Morgan fingerprint density at radius 1 is 0.690 bits per heavy atom. The summed E-state index contributed by atoms with van der Waals surface area (Å²) in [6, 6.07) is 9.62. The first kappa shape index (κ1) is 53.5. The summed E-state index contributed by atoms with van der Waals surface area (Å²) >= 11 is 6.09. The maximum Gasteiger partial charge on any atom is 0.328 e. The molecule has 2 rings (SSSR count). The molecule has 0 saturated carbocycles. The number of carboxylic acids is 4. The van der Waals surface area contributed by atoms with E-state index in [1.54, 1.807) is 6.07 Å². The molecule has 0 amide bonds. The topological polar surface area (TPSA) is 196 Å². The number of ether oxygens (including phenoxy) is 1. The van der Waals surface area contributed by atoms with Crippen LogP contribution in [0.5, 0.6) is 5.75 Å². The zero-order valence-electron chi connectivity index (χ0n) is 34.8. The lowest BCUT2D eigenvalue weighted by Crippen LogP contribution is -2.24. The maximum absolute atomic E-state index is 12.9. The van der Waals surface area contributed by atoms with Crippen LogP contribution in [0.3, 0.4) is 0 Å². The second-order valence-corrected chi connectivity index (χ2v) is 14.7. The van der Waals surface area contributed by atoms with Crippen molar-refractivity contribution in [2.75, 3.05) is 33.8 Å². The van der Waals surface area contributed by atoms with E-state index in [0.717, 1.165) is 48.6 Å². The van der Waals surface area contributed by atoms with Crippen LogP contribution in [0.4, 0.5) is 0 Å². The molecular formula is C44H68ClN3O10. The van der Waals surface area contributed by atoms with Crippen molar-refractivity contribution in [3.8, 4) is 5.75 Å². The molecule has 0 aliphatic rings. The minimum Gasteiger partial charge on any atom is -0.488 e. The van der Waals surface area contributed by atoms with E-state index in [4.69, 9.17) is 36.8 Å². The van der Waals surface area contributed by atoms with E-state index >= 15 is 0 Å². The summed E-state index contributed by atoms with van der Waals surface area (Å²) in [6.45, 7) is 6.14. The van der Waals surface area contributed by atoms with Crippen molar-refractivity contribution in [3.05, 3.63) is 87.3 Å². The molecular weight excluding hydrogens is 766 g/mol. The molecule has 326 valence electrons. The first-order chi connectivity index (χ1) is 27.7. The van der Waals surface area contributed by atoms with Crippen molar-refractivity contribution < 1.29 is 44.3 Å². The highest BCUT2D eigenvalue weighted by atomic mass is 35.5. The molecule has 58 heavy (non-hydrogen) atoms. The van der Waals surface area contributed by atoms with Gasteiger partial charge in [-0.2, -0.15) is 0 Å². The van der Waals surface area contributed by atoms with Crippen molar-refractivity contribution >= 4 is 35.5 Å². The van der Waals surface area contributed by atoms with E-state index in [1.165, 1.54) is 89.9 Å². The van der Waals surface area contributed by atoms with E-state index < -0.39 is 23.9 Å². The third kappa shape index (κ3) is 33.7. The van der Waals surface area contributed by atoms with Gasteiger partial charge in [-0.15, -0.1) is 0 Å². The number of carboxylic acid groups (broad SMARTS) is 4. The van der Waals surface area contributed by atoms with Gasteiger partial charge in [0.15, 0.2) is 5.75 Å². The van der Waals surface area contributed by atoms with Crippen molar-refractivity contribution in [1.29, 1.82) is 0 Å². The quantitative estimate of drug-likeness (QED) is 0.0372. The monoisotopic (exact) mass is 833 g/mol. The van der Waals surface area contributed by atoms with Crippen LogP contribution in [-0.4, -0.2) is 87.6 Å². The fourth-order valence-corrected chi connectivity index (χ4v) is 5.77. The van der Waals surface area contributed by atoms with Gasteiger partial charge < -0.3 is 39.9 Å². The average Bonchev–Trinajstić information content (AvgIpc) is 3.17. The molecule has 1 aromatic heterocycles.